The number of aromatic nitrogens is 1. The Hall–Kier alpha value is -0.650. The molecule has 0 aromatic carbocycles. The van der Waals surface area contributed by atoms with Gasteiger partial charge in [-0.15, -0.1) is 0 Å². The first-order chi connectivity index (χ1) is 6.66. The molecular weight excluding hydrogens is 271 g/mol. The van der Waals surface area contributed by atoms with Crippen LogP contribution < -0.4 is 5.73 Å². The van der Waals surface area contributed by atoms with Crippen molar-refractivity contribution in [3.8, 4) is 0 Å². The van der Waals surface area contributed by atoms with Gasteiger partial charge in [0.05, 0.1) is 11.3 Å². The second-order valence-electron chi connectivity index (χ2n) is 2.39. The zero-order valence-electron chi connectivity index (χ0n) is 7.11. The number of nitrogens with zero attached hydrogens (tertiary/aromatic N) is 1. The van der Waals surface area contributed by atoms with E-state index >= 15 is 0 Å². The number of primary amides is 1. The van der Waals surface area contributed by atoms with Gasteiger partial charge in [-0.1, -0.05) is 27.5 Å². The number of nitrogens with two attached hydrogens (primary N) is 1. The fourth-order valence-corrected chi connectivity index (χ4v) is 1.72. The zero-order valence-corrected chi connectivity index (χ0v) is 9.46. The first kappa shape index (κ1) is 11.4. The smallest absolute Gasteiger partial charge is 0.250 e. The lowest BCUT2D eigenvalue weighted by atomic mass is 10.2. The van der Waals surface area contributed by atoms with Crippen LogP contribution in [0.15, 0.2) is 18.3 Å². The quantitative estimate of drug-likeness (QED) is 0.855. The third-order valence-corrected chi connectivity index (χ3v) is 2.35. The number of rotatable bonds is 4. The van der Waals surface area contributed by atoms with E-state index in [0.717, 1.165) is 0 Å². The summed E-state index contributed by atoms with van der Waals surface area (Å²) in [6, 6.07) is 3.21. The largest absolute Gasteiger partial charge is 0.366 e. The SMILES string of the molecule is NC(=O)c1cccnc1C(Br)OCCl. The van der Waals surface area contributed by atoms with Crippen molar-refractivity contribution in [2.75, 3.05) is 6.07 Å². The van der Waals surface area contributed by atoms with E-state index in [0.29, 0.717) is 11.3 Å². The summed E-state index contributed by atoms with van der Waals surface area (Å²) >= 11 is 8.57. The van der Waals surface area contributed by atoms with Crippen molar-refractivity contribution in [1.29, 1.82) is 0 Å². The topological polar surface area (TPSA) is 65.2 Å². The Kier molecular flexibility index (Phi) is 4.31. The Bertz CT molecular complexity index is 335. The molecule has 4 nitrogen and oxygen atoms in total. The van der Waals surface area contributed by atoms with Gasteiger partial charge in [0.1, 0.15) is 6.07 Å². The predicted molar refractivity (Wildman–Crippen MR) is 56.2 cm³/mol. The Morgan fingerprint density at radius 2 is 2.50 bits per heavy atom. The second-order valence-corrected chi connectivity index (χ2v) is 3.44. The molecular formula is C8H8BrClN2O2. The highest BCUT2D eigenvalue weighted by atomic mass is 79.9. The van der Waals surface area contributed by atoms with Crippen LogP contribution >= 0.6 is 27.5 Å². The fourth-order valence-electron chi connectivity index (χ4n) is 0.941. The van der Waals surface area contributed by atoms with Gasteiger partial charge in [0.25, 0.3) is 5.91 Å². The van der Waals surface area contributed by atoms with Crippen molar-refractivity contribution in [3.05, 3.63) is 29.6 Å². The molecule has 0 spiro atoms. The van der Waals surface area contributed by atoms with E-state index < -0.39 is 10.9 Å². The minimum atomic E-state index is -0.546. The van der Waals surface area contributed by atoms with Gasteiger partial charge in [0.15, 0.2) is 5.01 Å². The molecule has 76 valence electrons. The van der Waals surface area contributed by atoms with Gasteiger partial charge in [0, 0.05) is 6.20 Å². The monoisotopic (exact) mass is 278 g/mol. The van der Waals surface area contributed by atoms with Gasteiger partial charge < -0.3 is 10.5 Å². The summed E-state index contributed by atoms with van der Waals surface area (Å²) in [5.74, 6) is -0.546. The van der Waals surface area contributed by atoms with Gasteiger partial charge >= 0.3 is 0 Å². The summed E-state index contributed by atoms with van der Waals surface area (Å²) in [4.78, 5) is 15.0. The van der Waals surface area contributed by atoms with Gasteiger partial charge in [-0.2, -0.15) is 0 Å². The number of amides is 1. The van der Waals surface area contributed by atoms with E-state index in [2.05, 4.69) is 20.9 Å². The average molecular weight is 280 g/mol. The molecule has 1 amide bonds. The summed E-state index contributed by atoms with van der Waals surface area (Å²) < 4.78 is 5.03. The first-order valence-electron chi connectivity index (χ1n) is 3.73. The van der Waals surface area contributed by atoms with Gasteiger partial charge in [-0.25, -0.2) is 0 Å². The van der Waals surface area contributed by atoms with Crippen LogP contribution in [0.25, 0.3) is 0 Å². The van der Waals surface area contributed by atoms with Crippen LogP contribution in [0.3, 0.4) is 0 Å². The van der Waals surface area contributed by atoms with E-state index in [1.807, 2.05) is 0 Å². The molecule has 2 N–H and O–H groups in total. The number of halogens is 2. The molecule has 1 atom stereocenters. The number of pyridine rings is 1. The third-order valence-electron chi connectivity index (χ3n) is 1.53. The molecule has 1 aromatic heterocycles. The highest BCUT2D eigenvalue weighted by molar-refractivity contribution is 9.09. The molecule has 0 aliphatic rings. The number of hydrogen-bond donors (Lipinski definition) is 1. The number of carbonyl (C=O) groups excluding carboxylic acids is 1. The van der Waals surface area contributed by atoms with Crippen LogP contribution in [0.1, 0.15) is 21.1 Å². The van der Waals surface area contributed by atoms with Crippen molar-refractivity contribution >= 4 is 33.4 Å². The highest BCUT2D eigenvalue weighted by Crippen LogP contribution is 2.25. The molecule has 1 heterocycles. The highest BCUT2D eigenvalue weighted by Gasteiger charge is 2.16. The van der Waals surface area contributed by atoms with Crippen LogP contribution in [0.4, 0.5) is 0 Å². The maximum Gasteiger partial charge on any atom is 0.250 e. The summed E-state index contributed by atoms with van der Waals surface area (Å²) in [5, 5.41) is -0.524. The summed E-state index contributed by atoms with van der Waals surface area (Å²) in [7, 11) is 0. The second kappa shape index (κ2) is 5.29. The van der Waals surface area contributed by atoms with Crippen LogP contribution in [-0.2, 0) is 4.74 Å². The van der Waals surface area contributed by atoms with Crippen molar-refractivity contribution in [3.63, 3.8) is 0 Å². The zero-order chi connectivity index (χ0) is 10.6. The van der Waals surface area contributed by atoms with E-state index in [1.54, 1.807) is 18.3 Å². The molecule has 0 aliphatic heterocycles. The van der Waals surface area contributed by atoms with Gasteiger partial charge in [-0.3, -0.25) is 9.78 Å². The van der Waals surface area contributed by atoms with Crippen molar-refractivity contribution in [2.24, 2.45) is 5.73 Å². The summed E-state index contributed by atoms with van der Waals surface area (Å²) in [6.07, 6.45) is 1.55. The van der Waals surface area contributed by atoms with Crippen LogP contribution in [-0.4, -0.2) is 17.0 Å². The van der Waals surface area contributed by atoms with Gasteiger partial charge in [-0.05, 0) is 12.1 Å². The first-order valence-corrected chi connectivity index (χ1v) is 5.18. The minimum absolute atomic E-state index is 0.00466. The minimum Gasteiger partial charge on any atom is -0.366 e. The van der Waals surface area contributed by atoms with E-state index in [1.165, 1.54) is 0 Å². The molecule has 0 radical (unpaired) electrons. The summed E-state index contributed by atoms with van der Waals surface area (Å²) in [5.41, 5.74) is 5.91. The molecule has 0 bridgehead atoms. The molecule has 0 aliphatic carbocycles. The molecule has 0 saturated heterocycles. The van der Waals surface area contributed by atoms with Crippen LogP contribution in [0.5, 0.6) is 0 Å². The summed E-state index contributed by atoms with van der Waals surface area (Å²) in [6.45, 7) is 0. The van der Waals surface area contributed by atoms with E-state index in [9.17, 15) is 4.79 Å². The van der Waals surface area contributed by atoms with Gasteiger partial charge in [0.2, 0.25) is 0 Å². The van der Waals surface area contributed by atoms with Crippen molar-refractivity contribution < 1.29 is 9.53 Å². The lowest BCUT2D eigenvalue weighted by Crippen LogP contribution is -2.16. The Balaban J connectivity index is 3.00. The number of alkyl halides is 2. The molecule has 1 aromatic rings. The number of carbonyl (C=O) groups is 1. The molecule has 0 saturated carbocycles. The maximum atomic E-state index is 11.0. The molecule has 0 fully saturated rings. The third kappa shape index (κ3) is 2.67. The number of hydrogen-bond acceptors (Lipinski definition) is 3. The van der Waals surface area contributed by atoms with Crippen LogP contribution in [0, 0.1) is 0 Å². The predicted octanol–water partition coefficient (Wildman–Crippen LogP) is 1.79. The standard InChI is InChI=1S/C8H8BrClN2O2/c9-7(14-4-10)6-5(8(11)13)2-1-3-12-6/h1-3,7H,4H2,(H2,11,13). The fraction of sp³-hybridized carbons (Fsp3) is 0.250. The lowest BCUT2D eigenvalue weighted by Gasteiger charge is -2.10. The lowest BCUT2D eigenvalue weighted by molar-refractivity contribution is 0.0992. The normalized spacial score (nSPS) is 12.4. The Morgan fingerprint density at radius 1 is 1.79 bits per heavy atom. The molecule has 1 unspecified atom stereocenters. The average Bonchev–Trinajstić information content (AvgIpc) is 2.18. The Labute approximate surface area is 94.5 Å². The van der Waals surface area contributed by atoms with E-state index in [4.69, 9.17) is 22.1 Å². The van der Waals surface area contributed by atoms with Crippen molar-refractivity contribution in [2.45, 2.75) is 5.01 Å². The van der Waals surface area contributed by atoms with Crippen molar-refractivity contribution in [1.82, 2.24) is 4.98 Å². The van der Waals surface area contributed by atoms with Crippen LogP contribution in [0.2, 0.25) is 0 Å². The number of ether oxygens (including phenoxy) is 1. The Morgan fingerprint density at radius 3 is 3.07 bits per heavy atom. The van der Waals surface area contributed by atoms with E-state index in [-0.39, 0.29) is 6.07 Å². The molecule has 14 heavy (non-hydrogen) atoms. The molecule has 1 rings (SSSR count). The maximum absolute atomic E-state index is 11.0. The molecule has 6 heteroatoms.